The number of nitrogens with zero attached hydrogens (tertiary/aromatic N) is 3. The van der Waals surface area contributed by atoms with E-state index in [1.54, 1.807) is 12.3 Å². The highest BCUT2D eigenvalue weighted by Gasteiger charge is 2.23. The second-order valence-corrected chi connectivity index (χ2v) is 5.95. The average molecular weight is 336 g/mol. The Labute approximate surface area is 143 Å². The first-order valence-corrected chi connectivity index (χ1v) is 7.88. The lowest BCUT2D eigenvalue weighted by Crippen LogP contribution is -2.31. The van der Waals surface area contributed by atoms with E-state index in [4.69, 9.17) is 5.73 Å². The third-order valence-electron chi connectivity index (χ3n) is 4.20. The molecule has 2 aromatic rings. The number of amides is 3. The molecular formula is C17H16N6O2. The molecule has 0 aliphatic carbocycles. The predicted octanol–water partition coefficient (Wildman–Crippen LogP) is 0.802. The van der Waals surface area contributed by atoms with E-state index >= 15 is 0 Å². The van der Waals surface area contributed by atoms with Crippen LogP contribution in [0.25, 0.3) is 6.08 Å². The summed E-state index contributed by atoms with van der Waals surface area (Å²) in [5, 5.41) is 4.60. The van der Waals surface area contributed by atoms with Crippen LogP contribution >= 0.6 is 0 Å². The quantitative estimate of drug-likeness (QED) is 0.425. The number of benzene rings is 1. The molecule has 2 aliphatic rings. The number of fused-ring (bicyclic) bond motifs is 1. The average Bonchev–Trinajstić information content (AvgIpc) is 2.91. The molecule has 0 saturated carbocycles. The minimum atomic E-state index is -0.532. The molecule has 8 nitrogen and oxygen atoms in total. The number of urea groups is 1. The van der Waals surface area contributed by atoms with Crippen LogP contribution in [0, 0.1) is 0 Å². The summed E-state index contributed by atoms with van der Waals surface area (Å²) in [7, 11) is 0. The van der Waals surface area contributed by atoms with Crippen molar-refractivity contribution >= 4 is 29.7 Å². The van der Waals surface area contributed by atoms with Crippen LogP contribution in [0.4, 0.5) is 16.4 Å². The largest absolute Gasteiger partial charge is 0.399 e. The Kier molecular flexibility index (Phi) is 3.57. The number of hydrogen-bond donors (Lipinski definition) is 3. The third kappa shape index (κ3) is 3.01. The number of anilines is 2. The Morgan fingerprint density at radius 3 is 2.84 bits per heavy atom. The molecule has 3 heterocycles. The summed E-state index contributed by atoms with van der Waals surface area (Å²) < 4.78 is 0. The molecular weight excluding hydrogens is 320 g/mol. The van der Waals surface area contributed by atoms with Crippen molar-refractivity contribution in [3.05, 3.63) is 53.0 Å². The van der Waals surface area contributed by atoms with Gasteiger partial charge in [0.2, 0.25) is 5.95 Å². The summed E-state index contributed by atoms with van der Waals surface area (Å²) in [6, 6.07) is 7.11. The van der Waals surface area contributed by atoms with Gasteiger partial charge in [0.25, 0.3) is 5.91 Å². The molecule has 2 aliphatic heterocycles. The fourth-order valence-electron chi connectivity index (χ4n) is 2.97. The van der Waals surface area contributed by atoms with Gasteiger partial charge in [0.05, 0.1) is 5.69 Å². The number of nitrogens with two attached hydrogens (primary N) is 1. The maximum Gasteiger partial charge on any atom is 0.326 e. The van der Waals surface area contributed by atoms with E-state index in [9.17, 15) is 9.59 Å². The van der Waals surface area contributed by atoms with Gasteiger partial charge >= 0.3 is 6.03 Å². The van der Waals surface area contributed by atoms with E-state index < -0.39 is 11.9 Å². The number of imide groups is 1. The minimum absolute atomic E-state index is 0.173. The molecule has 0 radical (unpaired) electrons. The predicted molar refractivity (Wildman–Crippen MR) is 92.3 cm³/mol. The summed E-state index contributed by atoms with van der Waals surface area (Å²) in [5.41, 5.74) is 9.79. The molecule has 1 fully saturated rings. The number of nitrogen functional groups attached to an aromatic ring is 1. The van der Waals surface area contributed by atoms with Gasteiger partial charge in [-0.05, 0) is 41.8 Å². The minimum Gasteiger partial charge on any atom is -0.399 e. The standard InChI is InChI=1S/C17H16N6O2/c18-12-2-1-10-4-6-23(9-11(10)7-12)16-19-5-3-13(20-16)8-14-15(24)22-17(25)21-14/h1-3,5,7-8H,4,6,9,18H2,(H2,21,22,24,25). The Bertz CT molecular complexity index is 908. The Hall–Kier alpha value is -3.42. The van der Waals surface area contributed by atoms with Crippen molar-refractivity contribution in [2.24, 2.45) is 0 Å². The molecule has 4 rings (SSSR count). The molecule has 0 bridgehead atoms. The van der Waals surface area contributed by atoms with Crippen molar-refractivity contribution in [1.82, 2.24) is 20.6 Å². The molecule has 3 amide bonds. The number of carbonyl (C=O) groups excluding carboxylic acids is 2. The van der Waals surface area contributed by atoms with Gasteiger partial charge in [-0.3, -0.25) is 10.1 Å². The van der Waals surface area contributed by atoms with Gasteiger partial charge in [-0.1, -0.05) is 6.07 Å². The summed E-state index contributed by atoms with van der Waals surface area (Å²) in [6.45, 7) is 1.48. The number of rotatable bonds is 2. The van der Waals surface area contributed by atoms with Crippen molar-refractivity contribution in [2.45, 2.75) is 13.0 Å². The molecule has 0 unspecified atom stereocenters. The van der Waals surface area contributed by atoms with E-state index in [2.05, 4.69) is 31.6 Å². The van der Waals surface area contributed by atoms with E-state index in [-0.39, 0.29) is 5.70 Å². The van der Waals surface area contributed by atoms with Crippen molar-refractivity contribution in [2.75, 3.05) is 17.2 Å². The van der Waals surface area contributed by atoms with E-state index in [0.29, 0.717) is 18.2 Å². The third-order valence-corrected chi connectivity index (χ3v) is 4.20. The van der Waals surface area contributed by atoms with Gasteiger partial charge in [-0.15, -0.1) is 0 Å². The number of hydrogen-bond acceptors (Lipinski definition) is 6. The number of nitrogens with one attached hydrogen (secondary N) is 2. The topological polar surface area (TPSA) is 113 Å². The lowest BCUT2D eigenvalue weighted by molar-refractivity contribution is -0.115. The molecule has 8 heteroatoms. The fourth-order valence-corrected chi connectivity index (χ4v) is 2.97. The van der Waals surface area contributed by atoms with E-state index in [1.165, 1.54) is 17.2 Å². The summed E-state index contributed by atoms with van der Waals surface area (Å²) in [6.07, 6.45) is 4.06. The molecule has 1 aromatic carbocycles. The monoisotopic (exact) mass is 336 g/mol. The fraction of sp³-hybridized carbons (Fsp3) is 0.176. The highest BCUT2D eigenvalue weighted by atomic mass is 16.2. The maximum atomic E-state index is 11.6. The first kappa shape index (κ1) is 15.1. The van der Waals surface area contributed by atoms with Crippen LogP contribution in [0.3, 0.4) is 0 Å². The normalized spacial score (nSPS) is 18.1. The maximum absolute atomic E-state index is 11.6. The van der Waals surface area contributed by atoms with Crippen molar-refractivity contribution in [1.29, 1.82) is 0 Å². The molecule has 1 saturated heterocycles. The van der Waals surface area contributed by atoms with Gasteiger partial charge in [-0.25, -0.2) is 14.8 Å². The van der Waals surface area contributed by atoms with Crippen LogP contribution in [0.1, 0.15) is 16.8 Å². The number of carbonyl (C=O) groups is 2. The molecule has 25 heavy (non-hydrogen) atoms. The Balaban J connectivity index is 1.59. The smallest absolute Gasteiger partial charge is 0.326 e. The van der Waals surface area contributed by atoms with Crippen molar-refractivity contribution in [3.8, 4) is 0 Å². The van der Waals surface area contributed by atoms with Crippen molar-refractivity contribution in [3.63, 3.8) is 0 Å². The second-order valence-electron chi connectivity index (χ2n) is 5.95. The van der Waals surface area contributed by atoms with Crippen LogP contribution < -0.4 is 21.3 Å². The van der Waals surface area contributed by atoms with Crippen LogP contribution in [0.15, 0.2) is 36.2 Å². The van der Waals surface area contributed by atoms with E-state index in [0.717, 1.165) is 18.7 Å². The SMILES string of the molecule is Nc1ccc2c(c1)CN(c1nccc(C=C3NC(=O)NC3=O)n1)CC2. The van der Waals surface area contributed by atoms with E-state index in [1.807, 2.05) is 12.1 Å². The van der Waals surface area contributed by atoms with Crippen molar-refractivity contribution < 1.29 is 9.59 Å². The van der Waals surface area contributed by atoms with Gasteiger partial charge in [0.15, 0.2) is 0 Å². The Morgan fingerprint density at radius 2 is 2.04 bits per heavy atom. The van der Waals surface area contributed by atoms with Gasteiger partial charge < -0.3 is 16.0 Å². The molecule has 126 valence electrons. The molecule has 1 aromatic heterocycles. The molecule has 0 atom stereocenters. The first-order chi connectivity index (χ1) is 12.1. The van der Waals surface area contributed by atoms with Crippen LogP contribution in [-0.4, -0.2) is 28.5 Å². The highest BCUT2D eigenvalue weighted by Crippen LogP contribution is 2.24. The van der Waals surface area contributed by atoms with Gasteiger partial charge in [0.1, 0.15) is 5.70 Å². The zero-order valence-corrected chi connectivity index (χ0v) is 13.3. The Morgan fingerprint density at radius 1 is 1.16 bits per heavy atom. The van der Waals surface area contributed by atoms with Gasteiger partial charge in [-0.2, -0.15) is 0 Å². The summed E-state index contributed by atoms with van der Waals surface area (Å²) in [5.74, 6) is 0.111. The lowest BCUT2D eigenvalue weighted by Gasteiger charge is -2.29. The lowest BCUT2D eigenvalue weighted by atomic mass is 9.99. The van der Waals surface area contributed by atoms with Crippen LogP contribution in [0.2, 0.25) is 0 Å². The second kappa shape index (κ2) is 5.90. The van der Waals surface area contributed by atoms with Gasteiger partial charge in [0, 0.05) is 25.0 Å². The highest BCUT2D eigenvalue weighted by molar-refractivity contribution is 6.13. The zero-order valence-electron chi connectivity index (χ0n) is 13.3. The van der Waals surface area contributed by atoms with Crippen LogP contribution in [0.5, 0.6) is 0 Å². The number of aromatic nitrogens is 2. The summed E-state index contributed by atoms with van der Waals surface area (Å²) in [4.78, 5) is 33.7. The summed E-state index contributed by atoms with van der Waals surface area (Å²) >= 11 is 0. The van der Waals surface area contributed by atoms with Crippen LogP contribution in [-0.2, 0) is 17.8 Å². The first-order valence-electron chi connectivity index (χ1n) is 7.88. The zero-order chi connectivity index (χ0) is 17.4. The molecule has 4 N–H and O–H groups in total. The molecule has 0 spiro atoms.